The maximum Gasteiger partial charge on any atom is 0.255 e. The molecule has 0 bridgehead atoms. The number of hydrogen-bond acceptors (Lipinski definition) is 5. The van der Waals surface area contributed by atoms with E-state index in [4.69, 9.17) is 4.74 Å². The number of carbonyl (C=O) groups excluding carboxylic acids is 2. The van der Waals surface area contributed by atoms with Gasteiger partial charge in [0.05, 0.1) is 18.1 Å². The number of rotatable bonds is 6. The molecule has 8 nitrogen and oxygen atoms in total. The van der Waals surface area contributed by atoms with Crippen molar-refractivity contribution in [3.8, 4) is 0 Å². The van der Waals surface area contributed by atoms with Crippen LogP contribution < -0.4 is 5.32 Å². The number of benzene rings is 2. The minimum atomic E-state index is -3.74. The van der Waals surface area contributed by atoms with Crippen LogP contribution >= 0.6 is 0 Å². The number of nitrogens with one attached hydrogen (secondary N) is 1. The monoisotopic (exact) mass is 471 g/mol. The smallest absolute Gasteiger partial charge is 0.255 e. The predicted octanol–water partition coefficient (Wildman–Crippen LogP) is 2.76. The summed E-state index contributed by atoms with van der Waals surface area (Å²) in [5.74, 6) is -0.475. The average molecular weight is 472 g/mol. The second-order valence-electron chi connectivity index (χ2n) is 8.23. The number of morpholine rings is 1. The Morgan fingerprint density at radius 1 is 0.970 bits per heavy atom. The Hall–Kier alpha value is -2.75. The van der Waals surface area contributed by atoms with Gasteiger partial charge in [-0.1, -0.05) is 19.1 Å². The molecule has 2 aromatic rings. The number of hydrogen-bond donors (Lipinski definition) is 1. The summed E-state index contributed by atoms with van der Waals surface area (Å²) >= 11 is 0. The summed E-state index contributed by atoms with van der Waals surface area (Å²) in [4.78, 5) is 27.6. The summed E-state index contributed by atoms with van der Waals surface area (Å²) in [5.41, 5.74) is 1.92. The normalized spacial score (nSPS) is 17.2. The van der Waals surface area contributed by atoms with Crippen molar-refractivity contribution < 1.29 is 22.7 Å². The molecule has 0 aliphatic carbocycles. The van der Waals surface area contributed by atoms with Crippen LogP contribution in [0.5, 0.6) is 0 Å². The van der Waals surface area contributed by atoms with E-state index in [2.05, 4.69) is 5.32 Å². The lowest BCUT2D eigenvalue weighted by molar-refractivity contribution is 0.0730. The van der Waals surface area contributed by atoms with E-state index >= 15 is 0 Å². The molecule has 0 spiro atoms. The Bertz CT molecular complexity index is 1140. The van der Waals surface area contributed by atoms with Crippen molar-refractivity contribution in [1.82, 2.24) is 9.21 Å². The van der Waals surface area contributed by atoms with Crippen LogP contribution in [-0.4, -0.2) is 68.8 Å². The van der Waals surface area contributed by atoms with Crippen LogP contribution in [0.3, 0.4) is 0 Å². The third-order valence-electron chi connectivity index (χ3n) is 6.06. The fourth-order valence-corrected chi connectivity index (χ4v) is 5.92. The molecule has 1 N–H and O–H groups in total. The largest absolute Gasteiger partial charge is 0.379 e. The molecule has 0 radical (unpaired) electrons. The molecule has 2 saturated heterocycles. The van der Waals surface area contributed by atoms with Gasteiger partial charge in [-0.25, -0.2) is 8.42 Å². The van der Waals surface area contributed by atoms with Crippen molar-refractivity contribution in [3.05, 3.63) is 59.2 Å². The fraction of sp³-hybridized carbons (Fsp3) is 0.417. The van der Waals surface area contributed by atoms with Crippen LogP contribution in [0.1, 0.15) is 46.0 Å². The van der Waals surface area contributed by atoms with E-state index in [1.165, 1.54) is 10.4 Å². The summed E-state index contributed by atoms with van der Waals surface area (Å²) in [6.07, 6.45) is 2.54. The molecule has 0 unspecified atom stereocenters. The first-order chi connectivity index (χ1) is 15.9. The lowest BCUT2D eigenvalue weighted by atomic mass is 10.1. The van der Waals surface area contributed by atoms with Crippen molar-refractivity contribution in [3.63, 3.8) is 0 Å². The minimum Gasteiger partial charge on any atom is -0.379 e. The van der Waals surface area contributed by atoms with Gasteiger partial charge in [-0.3, -0.25) is 9.59 Å². The molecule has 176 valence electrons. The van der Waals surface area contributed by atoms with E-state index in [1.54, 1.807) is 36.4 Å². The predicted molar refractivity (Wildman–Crippen MR) is 125 cm³/mol. The number of ether oxygens (including phenoxy) is 1. The molecule has 9 heteroatoms. The Morgan fingerprint density at radius 3 is 2.39 bits per heavy atom. The van der Waals surface area contributed by atoms with E-state index < -0.39 is 15.9 Å². The molecule has 4 rings (SSSR count). The fourth-order valence-electron chi connectivity index (χ4n) is 4.19. The molecule has 2 fully saturated rings. The van der Waals surface area contributed by atoms with Crippen molar-refractivity contribution in [2.75, 3.05) is 44.7 Å². The number of nitrogens with zero attached hydrogens (tertiary/aromatic N) is 2. The van der Waals surface area contributed by atoms with Gasteiger partial charge in [0.15, 0.2) is 0 Å². The first-order valence-corrected chi connectivity index (χ1v) is 12.8. The zero-order valence-electron chi connectivity index (χ0n) is 18.7. The van der Waals surface area contributed by atoms with Crippen LogP contribution in [0.15, 0.2) is 47.4 Å². The summed E-state index contributed by atoms with van der Waals surface area (Å²) in [6, 6.07) is 11.6. The van der Waals surface area contributed by atoms with Gasteiger partial charge in [-0.2, -0.15) is 4.31 Å². The van der Waals surface area contributed by atoms with Crippen molar-refractivity contribution in [2.24, 2.45) is 0 Å². The number of aryl methyl sites for hydroxylation is 1. The third kappa shape index (κ3) is 5.10. The molecule has 0 atom stereocenters. The van der Waals surface area contributed by atoms with Gasteiger partial charge in [0.25, 0.3) is 11.8 Å². The molecule has 2 amide bonds. The average Bonchev–Trinajstić information content (AvgIpc) is 3.39. The maximum atomic E-state index is 13.2. The Balaban J connectivity index is 1.56. The molecule has 2 heterocycles. The van der Waals surface area contributed by atoms with Crippen molar-refractivity contribution in [2.45, 2.75) is 31.1 Å². The van der Waals surface area contributed by atoms with Crippen LogP contribution in [0, 0.1) is 0 Å². The van der Waals surface area contributed by atoms with Gasteiger partial charge in [0, 0.05) is 43.0 Å². The van der Waals surface area contributed by atoms with Gasteiger partial charge in [0.2, 0.25) is 10.0 Å². The highest BCUT2D eigenvalue weighted by molar-refractivity contribution is 7.89. The molecule has 2 aliphatic rings. The summed E-state index contributed by atoms with van der Waals surface area (Å²) in [7, 11) is -3.74. The van der Waals surface area contributed by atoms with Crippen molar-refractivity contribution >= 4 is 27.5 Å². The second-order valence-corrected chi connectivity index (χ2v) is 10.1. The van der Waals surface area contributed by atoms with Gasteiger partial charge < -0.3 is 15.0 Å². The molecular weight excluding hydrogens is 442 g/mol. The number of anilines is 1. The SMILES string of the molecule is CCc1ccc(C(=O)Nc2cccc(C(=O)N3CCCC3)c2)cc1S(=O)(=O)N1CCOCC1. The molecule has 0 saturated carbocycles. The van der Waals surface area contributed by atoms with Gasteiger partial charge in [-0.15, -0.1) is 0 Å². The topological polar surface area (TPSA) is 96.0 Å². The maximum absolute atomic E-state index is 13.2. The Labute approximate surface area is 194 Å². The second kappa shape index (κ2) is 10.0. The number of sulfonamides is 1. The molecular formula is C24H29N3O5S. The quantitative estimate of drug-likeness (QED) is 0.699. The van der Waals surface area contributed by atoms with E-state index in [0.717, 1.165) is 25.9 Å². The lowest BCUT2D eigenvalue weighted by Gasteiger charge is -2.27. The highest BCUT2D eigenvalue weighted by atomic mass is 32.2. The number of likely N-dealkylation sites (tertiary alicyclic amines) is 1. The Morgan fingerprint density at radius 2 is 1.70 bits per heavy atom. The third-order valence-corrected chi connectivity index (χ3v) is 8.04. The number of carbonyl (C=O) groups is 2. The lowest BCUT2D eigenvalue weighted by Crippen LogP contribution is -2.41. The zero-order valence-corrected chi connectivity index (χ0v) is 19.6. The minimum absolute atomic E-state index is 0.0465. The highest BCUT2D eigenvalue weighted by Crippen LogP contribution is 2.24. The standard InChI is InChI=1S/C24H29N3O5S/c1-2-18-8-9-19(17-22(18)33(30,31)27-12-14-32-15-13-27)23(28)25-21-7-5-6-20(16-21)24(29)26-10-3-4-11-26/h5-9,16-17H,2-4,10-15H2,1H3,(H,25,28). The number of amides is 2. The van der Waals surface area contributed by atoms with Crippen LogP contribution in [0.4, 0.5) is 5.69 Å². The summed E-state index contributed by atoms with van der Waals surface area (Å²) in [6.45, 7) is 4.68. The summed E-state index contributed by atoms with van der Waals surface area (Å²) in [5, 5.41) is 2.80. The first-order valence-electron chi connectivity index (χ1n) is 11.3. The molecule has 33 heavy (non-hydrogen) atoms. The Kier molecular flexibility index (Phi) is 7.11. The van der Waals surface area contributed by atoms with Gasteiger partial charge in [0.1, 0.15) is 0 Å². The molecule has 2 aromatic carbocycles. The van der Waals surface area contributed by atoms with E-state index in [1.807, 2.05) is 11.8 Å². The zero-order chi connectivity index (χ0) is 23.4. The van der Waals surface area contributed by atoms with Crippen LogP contribution in [0.25, 0.3) is 0 Å². The van der Waals surface area contributed by atoms with Crippen molar-refractivity contribution in [1.29, 1.82) is 0 Å². The highest BCUT2D eigenvalue weighted by Gasteiger charge is 2.29. The van der Waals surface area contributed by atoms with Crippen LogP contribution in [-0.2, 0) is 21.2 Å². The van der Waals surface area contributed by atoms with Crippen LogP contribution in [0.2, 0.25) is 0 Å². The molecule has 2 aliphatic heterocycles. The first kappa shape index (κ1) is 23.4. The molecule has 0 aromatic heterocycles. The van der Waals surface area contributed by atoms with Gasteiger partial charge in [-0.05, 0) is 55.2 Å². The summed E-state index contributed by atoms with van der Waals surface area (Å²) < 4.78 is 33.2. The van der Waals surface area contributed by atoms with Gasteiger partial charge >= 0.3 is 0 Å². The van der Waals surface area contributed by atoms with E-state index in [9.17, 15) is 18.0 Å². The van der Waals surface area contributed by atoms with E-state index in [-0.39, 0.29) is 16.4 Å². The van der Waals surface area contributed by atoms with E-state index in [0.29, 0.717) is 49.5 Å².